The third kappa shape index (κ3) is 5.46. The van der Waals surface area contributed by atoms with Gasteiger partial charge in [0.15, 0.2) is 12.3 Å². The van der Waals surface area contributed by atoms with Gasteiger partial charge in [0.2, 0.25) is 5.95 Å². The fraction of sp³-hybridized carbons (Fsp3) is 0.538. The van der Waals surface area contributed by atoms with Crippen molar-refractivity contribution in [3.63, 3.8) is 0 Å². The standard InChI is InChI=1S/C26H32F2N8O2S/c1-17-12-21(30-25(29-17)35-14-19(27)20(28)15-35)22-16-36(33-31-22)23-3-2-18(32-39(38)11-10-37)13-24(23)34-8-6-26(4-5-26)7-9-34/h2-3,12-13,16,19-20,32,37H,4-11,14-15H2,1H3. The molecular formula is C26H32F2N8O2S. The van der Waals surface area contributed by atoms with Gasteiger partial charge in [-0.25, -0.2) is 27.6 Å². The number of hydrogen-bond donors (Lipinski definition) is 2. The quantitative estimate of drug-likeness (QED) is 0.434. The Bertz CT molecular complexity index is 1360. The number of rotatable bonds is 8. The Morgan fingerprint density at radius 3 is 2.46 bits per heavy atom. The molecule has 0 amide bonds. The van der Waals surface area contributed by atoms with E-state index >= 15 is 0 Å². The van der Waals surface area contributed by atoms with Crippen LogP contribution in [0.5, 0.6) is 0 Å². The lowest BCUT2D eigenvalue weighted by Gasteiger charge is -2.35. The number of piperidine rings is 1. The van der Waals surface area contributed by atoms with Gasteiger partial charge in [0, 0.05) is 24.5 Å². The van der Waals surface area contributed by atoms with Gasteiger partial charge >= 0.3 is 0 Å². The van der Waals surface area contributed by atoms with E-state index in [0.29, 0.717) is 28.2 Å². The van der Waals surface area contributed by atoms with Crippen molar-refractivity contribution in [2.75, 3.05) is 53.1 Å². The van der Waals surface area contributed by atoms with Crippen LogP contribution in [-0.2, 0) is 11.0 Å². The number of aromatic nitrogens is 5. The highest BCUT2D eigenvalue weighted by atomic mass is 32.2. The second-order valence-electron chi connectivity index (χ2n) is 10.7. The second-order valence-corrected chi connectivity index (χ2v) is 12.0. The van der Waals surface area contributed by atoms with Gasteiger partial charge < -0.3 is 19.6 Å². The second kappa shape index (κ2) is 10.4. The highest BCUT2D eigenvalue weighted by Gasteiger charge is 2.44. The number of anilines is 3. The summed E-state index contributed by atoms with van der Waals surface area (Å²) >= 11 is 0. The SMILES string of the molecule is Cc1cc(-c2cn(-c3ccc(NS(=O)CCO)cc3N3CCC4(CC3)CC4)nn2)nc(N2CC(F)C(F)C2)n1. The van der Waals surface area contributed by atoms with Gasteiger partial charge in [-0.1, -0.05) is 5.21 Å². The maximum atomic E-state index is 13.8. The molecule has 2 N–H and O–H groups in total. The molecule has 3 fully saturated rings. The van der Waals surface area contributed by atoms with Crippen molar-refractivity contribution >= 4 is 28.3 Å². The summed E-state index contributed by atoms with van der Waals surface area (Å²) in [6.07, 6.45) is 3.56. The fourth-order valence-corrected chi connectivity index (χ4v) is 6.07. The zero-order valence-electron chi connectivity index (χ0n) is 21.8. The first-order valence-corrected chi connectivity index (χ1v) is 14.6. The molecule has 3 unspecified atom stereocenters. The molecule has 2 saturated heterocycles. The minimum Gasteiger partial charge on any atom is -0.395 e. The topological polar surface area (TPSA) is 112 Å². The van der Waals surface area contributed by atoms with Crippen molar-refractivity contribution < 1.29 is 18.1 Å². The molecule has 3 atom stereocenters. The summed E-state index contributed by atoms with van der Waals surface area (Å²) in [5.41, 5.74) is 4.69. The molecule has 1 spiro atoms. The van der Waals surface area contributed by atoms with E-state index in [1.54, 1.807) is 16.9 Å². The van der Waals surface area contributed by atoms with Gasteiger partial charge in [-0.15, -0.1) is 5.10 Å². The van der Waals surface area contributed by atoms with E-state index in [0.717, 1.165) is 37.3 Å². The summed E-state index contributed by atoms with van der Waals surface area (Å²) in [6, 6.07) is 7.50. The van der Waals surface area contributed by atoms with E-state index in [1.807, 2.05) is 25.1 Å². The molecule has 2 aliphatic heterocycles. The molecule has 3 aromatic rings. The van der Waals surface area contributed by atoms with Crippen LogP contribution < -0.4 is 14.5 Å². The average molecular weight is 559 g/mol. The molecule has 1 saturated carbocycles. The summed E-state index contributed by atoms with van der Waals surface area (Å²) in [5, 5.41) is 17.9. The number of nitrogens with zero attached hydrogens (tertiary/aromatic N) is 7. The van der Waals surface area contributed by atoms with Gasteiger partial charge in [-0.2, -0.15) is 0 Å². The summed E-state index contributed by atoms with van der Waals surface area (Å²) < 4.78 is 44.5. The molecule has 0 bridgehead atoms. The van der Waals surface area contributed by atoms with E-state index < -0.39 is 23.3 Å². The van der Waals surface area contributed by atoms with E-state index in [-0.39, 0.29) is 31.4 Å². The van der Waals surface area contributed by atoms with E-state index in [4.69, 9.17) is 5.11 Å². The molecule has 208 valence electrons. The molecular weight excluding hydrogens is 526 g/mol. The normalized spacial score (nSPS) is 22.9. The number of aliphatic hydroxyl groups is 1. The Balaban J connectivity index is 1.30. The van der Waals surface area contributed by atoms with Crippen molar-refractivity contribution in [1.82, 2.24) is 25.0 Å². The molecule has 10 nitrogen and oxygen atoms in total. The number of halogens is 2. The minimum atomic E-state index is -1.56. The molecule has 13 heteroatoms. The first-order chi connectivity index (χ1) is 18.8. The van der Waals surface area contributed by atoms with Crippen molar-refractivity contribution in [2.45, 2.75) is 45.0 Å². The predicted octanol–water partition coefficient (Wildman–Crippen LogP) is 2.98. The van der Waals surface area contributed by atoms with Crippen LogP contribution >= 0.6 is 0 Å². The van der Waals surface area contributed by atoms with Gasteiger partial charge in [0.25, 0.3) is 0 Å². The monoisotopic (exact) mass is 558 g/mol. The zero-order valence-corrected chi connectivity index (χ0v) is 22.6. The Morgan fingerprint density at radius 2 is 1.77 bits per heavy atom. The number of alkyl halides is 2. The summed E-state index contributed by atoms with van der Waals surface area (Å²) in [6.45, 7) is 3.33. The van der Waals surface area contributed by atoms with Crippen LogP contribution in [0.2, 0.25) is 0 Å². The van der Waals surface area contributed by atoms with Crippen LogP contribution in [0.15, 0.2) is 30.5 Å². The van der Waals surface area contributed by atoms with Gasteiger partial charge in [0.1, 0.15) is 16.7 Å². The van der Waals surface area contributed by atoms with E-state index in [2.05, 4.69) is 29.9 Å². The molecule has 6 rings (SSSR count). The van der Waals surface area contributed by atoms with Crippen LogP contribution in [0.4, 0.5) is 26.1 Å². The van der Waals surface area contributed by atoms with Crippen molar-refractivity contribution in [1.29, 1.82) is 0 Å². The van der Waals surface area contributed by atoms with E-state index in [1.165, 1.54) is 17.7 Å². The van der Waals surface area contributed by atoms with Gasteiger partial charge in [-0.3, -0.25) is 0 Å². The Labute approximate surface area is 228 Å². The molecule has 3 aliphatic rings. The summed E-state index contributed by atoms with van der Waals surface area (Å²) in [4.78, 5) is 12.8. The third-order valence-corrected chi connectivity index (χ3v) is 8.93. The van der Waals surface area contributed by atoms with Gasteiger partial charge in [-0.05, 0) is 62.3 Å². The number of hydrogen-bond acceptors (Lipinski definition) is 8. The van der Waals surface area contributed by atoms with Gasteiger partial charge in [0.05, 0.1) is 48.7 Å². The summed E-state index contributed by atoms with van der Waals surface area (Å²) in [7, 11) is -1.39. The number of benzene rings is 1. The molecule has 2 aromatic heterocycles. The fourth-order valence-electron chi connectivity index (χ4n) is 5.41. The molecule has 39 heavy (non-hydrogen) atoms. The average Bonchev–Trinajstić information content (AvgIpc) is 3.32. The molecule has 1 aliphatic carbocycles. The number of nitrogens with one attached hydrogen (secondary N) is 1. The first kappa shape index (κ1) is 26.1. The highest BCUT2D eigenvalue weighted by Crippen LogP contribution is 2.54. The van der Waals surface area contributed by atoms with E-state index in [9.17, 15) is 13.0 Å². The predicted molar refractivity (Wildman–Crippen MR) is 146 cm³/mol. The van der Waals surface area contributed by atoms with Crippen molar-refractivity contribution in [2.24, 2.45) is 5.41 Å². The third-order valence-electron chi connectivity index (χ3n) is 7.92. The summed E-state index contributed by atoms with van der Waals surface area (Å²) in [5.74, 6) is 0.419. The van der Waals surface area contributed by atoms with Crippen molar-refractivity contribution in [3.05, 3.63) is 36.2 Å². The smallest absolute Gasteiger partial charge is 0.226 e. The molecule has 0 radical (unpaired) electrons. The van der Waals surface area contributed by atoms with Crippen LogP contribution in [0.3, 0.4) is 0 Å². The zero-order chi connectivity index (χ0) is 27.1. The molecule has 4 heterocycles. The largest absolute Gasteiger partial charge is 0.395 e. The van der Waals surface area contributed by atoms with Crippen LogP contribution in [0, 0.1) is 12.3 Å². The highest BCUT2D eigenvalue weighted by molar-refractivity contribution is 7.86. The lowest BCUT2D eigenvalue weighted by Crippen LogP contribution is -2.35. The Kier molecular flexibility index (Phi) is 6.96. The lowest BCUT2D eigenvalue weighted by molar-refractivity contribution is 0.217. The van der Waals surface area contributed by atoms with Crippen molar-refractivity contribution in [3.8, 4) is 17.1 Å². The van der Waals surface area contributed by atoms with Crippen LogP contribution in [0.25, 0.3) is 17.1 Å². The van der Waals surface area contributed by atoms with Crippen LogP contribution in [0.1, 0.15) is 31.4 Å². The first-order valence-electron chi connectivity index (χ1n) is 13.3. The minimum absolute atomic E-state index is 0.0826. The Morgan fingerprint density at radius 1 is 1.03 bits per heavy atom. The lowest BCUT2D eigenvalue weighted by atomic mass is 9.93. The maximum absolute atomic E-state index is 13.8. The Hall–Kier alpha value is -3.19. The van der Waals surface area contributed by atoms with Crippen LogP contribution in [-0.4, -0.2) is 85.2 Å². The number of aliphatic hydroxyl groups excluding tert-OH is 1. The maximum Gasteiger partial charge on any atom is 0.226 e. The molecule has 1 aromatic carbocycles. The number of aryl methyl sites for hydroxylation is 1.